The summed E-state index contributed by atoms with van der Waals surface area (Å²) in [5, 5.41) is 15.2. The van der Waals surface area contributed by atoms with Crippen LogP contribution in [0.25, 0.3) is 188 Å². The van der Waals surface area contributed by atoms with Crippen LogP contribution in [0.15, 0.2) is 406 Å². The van der Waals surface area contributed by atoms with E-state index < -0.39 is 0 Å². The van der Waals surface area contributed by atoms with Gasteiger partial charge in [0, 0.05) is 16.2 Å². The highest BCUT2D eigenvalue weighted by molar-refractivity contribution is 6.24. The lowest BCUT2D eigenvalue weighted by atomic mass is 9.79. The van der Waals surface area contributed by atoms with E-state index in [1.165, 1.54) is 232 Å². The Labute approximate surface area is 697 Å². The minimum atomic E-state index is -0.160. The lowest BCUT2D eigenvalue weighted by molar-refractivity contribution is 0.660. The molecule has 0 aromatic heterocycles. The number of rotatable bonds is 10. The number of fused-ring (bicyclic) bond motifs is 15. The van der Waals surface area contributed by atoms with Gasteiger partial charge in [-0.1, -0.05) is 412 Å². The molecule has 562 valence electrons. The minimum absolute atomic E-state index is 0.0513. The molecule has 0 fully saturated rings. The number of hydrogen-bond donors (Lipinski definition) is 0. The fourth-order valence-electron chi connectivity index (χ4n) is 20.8. The molecule has 0 aliphatic heterocycles. The van der Waals surface area contributed by atoms with Gasteiger partial charge in [-0.25, -0.2) is 0 Å². The smallest absolute Gasteiger partial charge is 0.0159 e. The summed E-state index contributed by atoms with van der Waals surface area (Å²) in [6.07, 6.45) is 2.32. The highest BCUT2D eigenvalue weighted by atomic mass is 14.4. The van der Waals surface area contributed by atoms with Crippen LogP contribution in [0, 0.1) is 0 Å². The first-order chi connectivity index (χ1) is 58.3. The SMILES string of the molecule is CC1(C)c2ccccc2-c2cc(-c3c4ccccc4c(-c4ccc(C=C(c5ccccc5)c5ccccc5)cc4)c4ccc(-c5cccc6ccccc56)cc34)ccc21.CC1(C)c2ccccc2-c2cc(-c3c4ccccc4c(-c4ccc5c(c4)C(C)(C)c4cc(-c6ccccc6)ccc4-5)c4ccc(-c5cccc6ccccc56)cc34)ccc21. The van der Waals surface area contributed by atoms with Crippen molar-refractivity contribution in [2.45, 2.75) is 57.8 Å². The molecule has 0 unspecified atom stereocenters. The van der Waals surface area contributed by atoms with Crippen molar-refractivity contribution in [1.82, 2.24) is 0 Å². The van der Waals surface area contributed by atoms with Crippen LogP contribution in [0.1, 0.15) is 91.6 Å². The van der Waals surface area contributed by atoms with Gasteiger partial charge in [-0.3, -0.25) is 0 Å². The van der Waals surface area contributed by atoms with Gasteiger partial charge < -0.3 is 0 Å². The van der Waals surface area contributed by atoms with E-state index in [1.807, 2.05) is 0 Å². The van der Waals surface area contributed by atoms with Gasteiger partial charge in [-0.2, -0.15) is 0 Å². The zero-order chi connectivity index (χ0) is 79.8. The predicted molar refractivity (Wildman–Crippen MR) is 509 cm³/mol. The molecule has 0 bridgehead atoms. The van der Waals surface area contributed by atoms with Crippen molar-refractivity contribution >= 4 is 76.3 Å². The molecule has 0 amide bonds. The van der Waals surface area contributed by atoms with Crippen molar-refractivity contribution in [2.75, 3.05) is 0 Å². The van der Waals surface area contributed by atoms with Gasteiger partial charge in [0.15, 0.2) is 0 Å². The molecule has 20 aromatic carbocycles. The molecule has 0 heteroatoms. The van der Waals surface area contributed by atoms with Gasteiger partial charge in [0.1, 0.15) is 0 Å². The minimum Gasteiger partial charge on any atom is -0.0622 e. The van der Waals surface area contributed by atoms with Gasteiger partial charge in [0.05, 0.1) is 0 Å². The van der Waals surface area contributed by atoms with E-state index in [4.69, 9.17) is 0 Å². The van der Waals surface area contributed by atoms with Crippen LogP contribution in [0.5, 0.6) is 0 Å². The van der Waals surface area contributed by atoms with Crippen molar-refractivity contribution < 1.29 is 0 Å². The molecule has 0 spiro atoms. The van der Waals surface area contributed by atoms with Gasteiger partial charge in [-0.15, -0.1) is 0 Å². The van der Waals surface area contributed by atoms with Crippen molar-refractivity contribution in [1.29, 1.82) is 0 Å². The summed E-state index contributed by atoms with van der Waals surface area (Å²) < 4.78 is 0. The molecule has 119 heavy (non-hydrogen) atoms. The van der Waals surface area contributed by atoms with Crippen LogP contribution in [0.4, 0.5) is 0 Å². The summed E-state index contributed by atoms with van der Waals surface area (Å²) in [6, 6.07) is 152. The summed E-state index contributed by atoms with van der Waals surface area (Å²) in [6.45, 7) is 14.3. The van der Waals surface area contributed by atoms with E-state index in [9.17, 15) is 0 Å². The Morgan fingerprint density at radius 3 is 0.966 bits per heavy atom. The van der Waals surface area contributed by atoms with Crippen molar-refractivity contribution in [3.63, 3.8) is 0 Å². The Hall–Kier alpha value is -14.3. The molecule has 3 aliphatic rings. The van der Waals surface area contributed by atoms with Gasteiger partial charge in [-0.05, 0) is 274 Å². The fraction of sp³-hybridized carbons (Fsp3) is 0.0756. The van der Waals surface area contributed by atoms with Crippen LogP contribution in [-0.4, -0.2) is 0 Å². The van der Waals surface area contributed by atoms with Gasteiger partial charge in [0.2, 0.25) is 0 Å². The van der Waals surface area contributed by atoms with Crippen LogP contribution >= 0.6 is 0 Å². The van der Waals surface area contributed by atoms with E-state index in [0.717, 1.165) is 0 Å². The first-order valence-corrected chi connectivity index (χ1v) is 42.0. The molecule has 20 aromatic rings. The third kappa shape index (κ3) is 11.6. The maximum atomic E-state index is 2.51. The summed E-state index contributed by atoms with van der Waals surface area (Å²) in [5.41, 5.74) is 38.5. The standard InChI is InChI=1S/C60H44.C59H42/c1-59(2)53-24-13-12-20-45(53)51-34-41(28-32-54(51)59)58-49-22-11-10-21-48(49)57(50-31-26-40(33-52(50)58)44-23-14-18-38-17-8-9-19-43(38)44)42-27-30-47-46-29-25-39(37-15-6-5-7-16-37)35-55(46)60(3,4)56(47)36-42;1-59(2)55-27-14-13-23-48(55)53-38-45(33-35-56(53)59)58-50-25-12-11-24-49(50)57(51-34-32-44(37-54(51)58)47-26-15-21-40-20-9-10-22-46(40)47)43-30-28-39(29-31-43)36-52(41-16-5-3-6-17-41)42-18-7-4-8-19-42/h5-36H,1-4H3;3-38H,1-2H3. The van der Waals surface area contributed by atoms with Crippen LogP contribution < -0.4 is 0 Å². The van der Waals surface area contributed by atoms with Crippen molar-refractivity contribution in [3.8, 4) is 111 Å². The van der Waals surface area contributed by atoms with E-state index in [-0.39, 0.29) is 16.2 Å². The third-order valence-electron chi connectivity index (χ3n) is 26.7. The quantitative estimate of drug-likeness (QED) is 0.0946. The fourth-order valence-corrected chi connectivity index (χ4v) is 20.8. The highest BCUT2D eigenvalue weighted by Crippen LogP contribution is 2.57. The predicted octanol–water partition coefficient (Wildman–Crippen LogP) is 32.5. The summed E-state index contributed by atoms with van der Waals surface area (Å²) in [5.74, 6) is 0. The van der Waals surface area contributed by atoms with Crippen LogP contribution in [0.2, 0.25) is 0 Å². The molecule has 0 nitrogen and oxygen atoms in total. The zero-order valence-corrected chi connectivity index (χ0v) is 67.8. The largest absolute Gasteiger partial charge is 0.0622 e. The maximum Gasteiger partial charge on any atom is 0.0159 e. The second-order valence-corrected chi connectivity index (χ2v) is 34.5. The maximum absolute atomic E-state index is 2.51. The molecule has 0 N–H and O–H groups in total. The monoisotopic (exact) mass is 1510 g/mol. The molecular formula is C119H86. The summed E-state index contributed by atoms with van der Waals surface area (Å²) in [7, 11) is 0. The molecule has 0 saturated carbocycles. The van der Waals surface area contributed by atoms with Crippen molar-refractivity contribution in [2.24, 2.45) is 0 Å². The summed E-state index contributed by atoms with van der Waals surface area (Å²) >= 11 is 0. The van der Waals surface area contributed by atoms with E-state index >= 15 is 0 Å². The van der Waals surface area contributed by atoms with Crippen molar-refractivity contribution in [3.05, 3.63) is 457 Å². The average Bonchev–Trinajstić information content (AvgIpc) is 1.62. The lowest BCUT2D eigenvalue weighted by Crippen LogP contribution is -2.15. The van der Waals surface area contributed by atoms with Crippen LogP contribution in [-0.2, 0) is 16.2 Å². The van der Waals surface area contributed by atoms with Crippen LogP contribution in [0.3, 0.4) is 0 Å². The molecule has 0 radical (unpaired) electrons. The average molecular weight is 1520 g/mol. The Balaban J connectivity index is 0.000000143. The highest BCUT2D eigenvalue weighted by Gasteiger charge is 2.39. The third-order valence-corrected chi connectivity index (χ3v) is 26.7. The van der Waals surface area contributed by atoms with Gasteiger partial charge in [0.25, 0.3) is 0 Å². The lowest BCUT2D eigenvalue weighted by Gasteiger charge is -2.24. The zero-order valence-electron chi connectivity index (χ0n) is 67.8. The molecular weight excluding hydrogens is 1430 g/mol. The van der Waals surface area contributed by atoms with E-state index in [2.05, 4.69) is 454 Å². The first kappa shape index (κ1) is 71.3. The summed E-state index contributed by atoms with van der Waals surface area (Å²) in [4.78, 5) is 0. The van der Waals surface area contributed by atoms with E-state index in [0.29, 0.717) is 0 Å². The topological polar surface area (TPSA) is 0 Å². The Morgan fingerprint density at radius 2 is 0.487 bits per heavy atom. The molecule has 0 saturated heterocycles. The second-order valence-electron chi connectivity index (χ2n) is 34.5. The molecule has 23 rings (SSSR count). The number of benzene rings is 20. The Bertz CT molecular complexity index is 7520. The van der Waals surface area contributed by atoms with Gasteiger partial charge >= 0.3 is 0 Å². The Kier molecular flexibility index (Phi) is 16.8. The molecule has 0 heterocycles. The Morgan fingerprint density at radius 1 is 0.176 bits per heavy atom. The molecule has 0 atom stereocenters. The number of hydrogen-bond acceptors (Lipinski definition) is 0. The normalized spacial score (nSPS) is 13.5. The first-order valence-electron chi connectivity index (χ1n) is 42.0. The second kappa shape index (κ2) is 28.0. The van der Waals surface area contributed by atoms with E-state index in [1.54, 1.807) is 0 Å². The molecule has 3 aliphatic carbocycles.